The molecule has 6 heteroatoms. The molecule has 142 valence electrons. The summed E-state index contributed by atoms with van der Waals surface area (Å²) in [5.41, 5.74) is 0.676. The highest BCUT2D eigenvalue weighted by Gasteiger charge is 2.20. The summed E-state index contributed by atoms with van der Waals surface area (Å²) in [6.07, 6.45) is -0.0618. The van der Waals surface area contributed by atoms with Gasteiger partial charge in [0.2, 0.25) is 0 Å². The van der Waals surface area contributed by atoms with E-state index in [0.717, 1.165) is 18.5 Å². The topological polar surface area (TPSA) is 72.1 Å². The Labute approximate surface area is 153 Å². The first-order valence-corrected chi connectivity index (χ1v) is 9.20. The molecular weight excluding hydrogens is 334 g/mol. The predicted molar refractivity (Wildman–Crippen MR) is 99.8 cm³/mol. The third-order valence-corrected chi connectivity index (χ3v) is 4.46. The molecule has 1 aliphatic rings. The van der Waals surface area contributed by atoms with Gasteiger partial charge in [-0.1, -0.05) is 26.0 Å². The van der Waals surface area contributed by atoms with Gasteiger partial charge in [-0.25, -0.2) is 4.79 Å². The summed E-state index contributed by atoms with van der Waals surface area (Å²) in [5.74, 6) is 0.825. The van der Waals surface area contributed by atoms with Gasteiger partial charge < -0.3 is 19.0 Å². The van der Waals surface area contributed by atoms with Crippen LogP contribution in [0.3, 0.4) is 0 Å². The zero-order valence-corrected chi connectivity index (χ0v) is 15.4. The van der Waals surface area contributed by atoms with Crippen LogP contribution in [0.1, 0.15) is 19.4 Å². The van der Waals surface area contributed by atoms with Crippen molar-refractivity contribution in [3.63, 3.8) is 0 Å². The second-order valence-electron chi connectivity index (χ2n) is 7.17. The normalized spacial score (nSPS) is 16.9. The molecule has 1 atom stereocenters. The van der Waals surface area contributed by atoms with Gasteiger partial charge in [0.1, 0.15) is 24.0 Å². The Balaban J connectivity index is 1.79. The number of aliphatic hydroxyl groups is 1. The van der Waals surface area contributed by atoms with E-state index in [1.54, 1.807) is 6.07 Å². The van der Waals surface area contributed by atoms with Gasteiger partial charge in [-0.05, 0) is 24.5 Å². The molecule has 0 amide bonds. The summed E-state index contributed by atoms with van der Waals surface area (Å²) in [6, 6.07) is 7.35. The number of aliphatic hydroxyl groups excluding tert-OH is 1. The van der Waals surface area contributed by atoms with E-state index in [-0.39, 0.29) is 12.2 Å². The second-order valence-corrected chi connectivity index (χ2v) is 7.17. The predicted octanol–water partition coefficient (Wildman–Crippen LogP) is 2.06. The van der Waals surface area contributed by atoms with Gasteiger partial charge in [-0.3, -0.25) is 4.90 Å². The third kappa shape index (κ3) is 4.63. The number of para-hydroxylation sites is 1. The van der Waals surface area contributed by atoms with Crippen LogP contribution in [-0.4, -0.2) is 55.6 Å². The maximum absolute atomic E-state index is 12.4. The van der Waals surface area contributed by atoms with Crippen LogP contribution in [0.25, 0.3) is 11.0 Å². The molecule has 26 heavy (non-hydrogen) atoms. The summed E-state index contributed by atoms with van der Waals surface area (Å²) in [6.45, 7) is 7.77. The van der Waals surface area contributed by atoms with Crippen molar-refractivity contribution in [2.24, 2.45) is 5.92 Å². The highest BCUT2D eigenvalue weighted by molar-refractivity contribution is 5.84. The minimum absolute atomic E-state index is 0.135. The number of nitrogens with zero attached hydrogens (tertiary/aromatic N) is 1. The highest BCUT2D eigenvalue weighted by atomic mass is 16.5. The lowest BCUT2D eigenvalue weighted by atomic mass is 10.0. The smallest absolute Gasteiger partial charge is 0.343 e. The van der Waals surface area contributed by atoms with E-state index in [1.807, 2.05) is 32.0 Å². The lowest BCUT2D eigenvalue weighted by Gasteiger charge is -2.28. The fourth-order valence-electron chi connectivity index (χ4n) is 3.22. The number of hydrogen-bond donors (Lipinski definition) is 1. The molecule has 3 rings (SSSR count). The quantitative estimate of drug-likeness (QED) is 0.761. The number of ether oxygens (including phenoxy) is 2. The number of morpholine rings is 1. The molecule has 1 aromatic heterocycles. The minimum atomic E-state index is -0.633. The van der Waals surface area contributed by atoms with Gasteiger partial charge in [0.05, 0.1) is 24.2 Å². The Morgan fingerprint density at radius 3 is 2.69 bits per heavy atom. The largest absolute Gasteiger partial charge is 0.490 e. The van der Waals surface area contributed by atoms with E-state index in [0.29, 0.717) is 49.0 Å². The first kappa shape index (κ1) is 18.9. The average Bonchev–Trinajstić information content (AvgIpc) is 2.62. The molecule has 2 aromatic rings. The number of fused-ring (bicyclic) bond motifs is 1. The lowest BCUT2D eigenvalue weighted by molar-refractivity contribution is 0.00466. The van der Waals surface area contributed by atoms with Crippen LogP contribution in [0.15, 0.2) is 33.5 Å². The fraction of sp³-hybridized carbons (Fsp3) is 0.550. The van der Waals surface area contributed by atoms with Gasteiger partial charge in [-0.2, -0.15) is 0 Å². The molecule has 1 aromatic carbocycles. The molecule has 0 spiro atoms. The summed E-state index contributed by atoms with van der Waals surface area (Å²) in [4.78, 5) is 14.6. The molecule has 0 aliphatic carbocycles. The molecule has 0 saturated carbocycles. The van der Waals surface area contributed by atoms with Gasteiger partial charge in [0, 0.05) is 19.6 Å². The average molecular weight is 361 g/mol. The van der Waals surface area contributed by atoms with E-state index >= 15 is 0 Å². The second kappa shape index (κ2) is 8.66. The molecule has 1 N–H and O–H groups in total. The van der Waals surface area contributed by atoms with Crippen molar-refractivity contribution < 1.29 is 19.0 Å². The number of β-amino-alcohol motifs (C(OH)–C–C–N with tert-alkyl or cyclic N) is 1. The maximum Gasteiger partial charge on any atom is 0.343 e. The highest BCUT2D eigenvalue weighted by Crippen LogP contribution is 2.29. The van der Waals surface area contributed by atoms with Crippen LogP contribution in [0.5, 0.6) is 5.75 Å². The molecule has 1 saturated heterocycles. The van der Waals surface area contributed by atoms with Crippen LogP contribution >= 0.6 is 0 Å². The Morgan fingerprint density at radius 2 is 1.96 bits per heavy atom. The van der Waals surface area contributed by atoms with Crippen LogP contribution < -0.4 is 10.4 Å². The third-order valence-electron chi connectivity index (χ3n) is 4.46. The van der Waals surface area contributed by atoms with Crippen molar-refractivity contribution in [2.45, 2.75) is 26.4 Å². The van der Waals surface area contributed by atoms with E-state index in [9.17, 15) is 9.90 Å². The van der Waals surface area contributed by atoms with Gasteiger partial charge in [0.25, 0.3) is 0 Å². The van der Waals surface area contributed by atoms with Crippen molar-refractivity contribution in [2.75, 3.05) is 39.5 Å². The van der Waals surface area contributed by atoms with Crippen LogP contribution in [0, 0.1) is 5.92 Å². The SMILES string of the molecule is CC(C)Cc1c(OCC(O)CN2CCOCC2)c2ccccc2oc1=O. The van der Waals surface area contributed by atoms with Crippen LogP contribution in [0.2, 0.25) is 0 Å². The van der Waals surface area contributed by atoms with Crippen molar-refractivity contribution in [1.29, 1.82) is 0 Å². The number of benzene rings is 1. The van der Waals surface area contributed by atoms with E-state index in [2.05, 4.69) is 4.90 Å². The van der Waals surface area contributed by atoms with Crippen molar-refractivity contribution in [1.82, 2.24) is 4.90 Å². The number of rotatable bonds is 7. The van der Waals surface area contributed by atoms with E-state index < -0.39 is 6.10 Å². The summed E-state index contributed by atoms with van der Waals surface area (Å²) in [5, 5.41) is 11.1. The monoisotopic (exact) mass is 361 g/mol. The van der Waals surface area contributed by atoms with E-state index in [4.69, 9.17) is 13.9 Å². The molecule has 6 nitrogen and oxygen atoms in total. The Morgan fingerprint density at radius 1 is 1.23 bits per heavy atom. The first-order valence-electron chi connectivity index (χ1n) is 9.20. The van der Waals surface area contributed by atoms with E-state index in [1.165, 1.54) is 0 Å². The molecule has 1 fully saturated rings. The molecule has 0 radical (unpaired) electrons. The Bertz CT molecular complexity index is 779. The first-order chi connectivity index (χ1) is 12.5. The van der Waals surface area contributed by atoms with Crippen LogP contribution in [-0.2, 0) is 11.2 Å². The van der Waals surface area contributed by atoms with Gasteiger partial charge >= 0.3 is 5.63 Å². The van der Waals surface area contributed by atoms with Crippen molar-refractivity contribution in [3.05, 3.63) is 40.2 Å². The Hall–Kier alpha value is -1.89. The summed E-state index contributed by atoms with van der Waals surface area (Å²) < 4.78 is 16.7. The molecular formula is C20H27NO5. The zero-order valence-electron chi connectivity index (χ0n) is 15.4. The van der Waals surface area contributed by atoms with Gasteiger partial charge in [0.15, 0.2) is 0 Å². The molecule has 1 aliphatic heterocycles. The fourth-order valence-corrected chi connectivity index (χ4v) is 3.22. The Kier molecular flexibility index (Phi) is 6.29. The standard InChI is InChI=1S/C20H27NO5/c1-14(2)11-17-19(16-5-3-4-6-18(16)26-20(17)23)25-13-15(22)12-21-7-9-24-10-8-21/h3-6,14-15,22H,7-13H2,1-2H3. The number of hydrogen-bond acceptors (Lipinski definition) is 6. The lowest BCUT2D eigenvalue weighted by Crippen LogP contribution is -2.42. The van der Waals surface area contributed by atoms with Gasteiger partial charge in [-0.15, -0.1) is 0 Å². The minimum Gasteiger partial charge on any atom is -0.490 e. The maximum atomic E-state index is 12.4. The summed E-state index contributed by atoms with van der Waals surface area (Å²) >= 11 is 0. The van der Waals surface area contributed by atoms with Crippen molar-refractivity contribution in [3.8, 4) is 5.75 Å². The van der Waals surface area contributed by atoms with Crippen LogP contribution in [0.4, 0.5) is 0 Å². The zero-order chi connectivity index (χ0) is 18.5. The van der Waals surface area contributed by atoms with Crippen molar-refractivity contribution >= 4 is 11.0 Å². The molecule has 2 heterocycles. The summed E-state index contributed by atoms with van der Waals surface area (Å²) in [7, 11) is 0. The molecule has 1 unspecified atom stereocenters. The molecule has 0 bridgehead atoms.